The van der Waals surface area contributed by atoms with Gasteiger partial charge in [-0.1, -0.05) is 11.6 Å². The Kier molecular flexibility index (Phi) is 3.40. The maximum atomic E-state index is 10.3. The molecule has 0 aliphatic carbocycles. The SMILES string of the molecule is Cc1cnc(Cl)c2nc(N3CCOC[C@H]3C)cc(O)c12. The third-order valence-corrected chi connectivity index (χ3v) is 3.88. The first-order chi connectivity index (χ1) is 9.58. The molecule has 0 amide bonds. The molecule has 1 atom stereocenters. The summed E-state index contributed by atoms with van der Waals surface area (Å²) in [5.74, 6) is 0.894. The molecule has 2 aromatic rings. The summed E-state index contributed by atoms with van der Waals surface area (Å²) in [6.45, 7) is 6.00. The molecule has 0 unspecified atom stereocenters. The van der Waals surface area contributed by atoms with E-state index in [-0.39, 0.29) is 11.8 Å². The second-order valence-electron chi connectivity index (χ2n) is 5.07. The van der Waals surface area contributed by atoms with E-state index in [2.05, 4.69) is 21.8 Å². The van der Waals surface area contributed by atoms with Crippen molar-refractivity contribution in [1.82, 2.24) is 9.97 Å². The van der Waals surface area contributed by atoms with Gasteiger partial charge in [0.15, 0.2) is 5.15 Å². The number of ether oxygens (including phenoxy) is 1. The van der Waals surface area contributed by atoms with Gasteiger partial charge in [0.05, 0.1) is 19.3 Å². The van der Waals surface area contributed by atoms with Crippen molar-refractivity contribution >= 4 is 28.3 Å². The van der Waals surface area contributed by atoms with Crippen molar-refractivity contribution in [2.45, 2.75) is 19.9 Å². The van der Waals surface area contributed by atoms with Crippen LogP contribution in [0.4, 0.5) is 5.82 Å². The zero-order valence-electron chi connectivity index (χ0n) is 11.4. The van der Waals surface area contributed by atoms with Crippen molar-refractivity contribution in [2.24, 2.45) is 0 Å². The highest BCUT2D eigenvalue weighted by Crippen LogP contribution is 2.33. The number of nitrogens with zero attached hydrogens (tertiary/aromatic N) is 3. The molecule has 106 valence electrons. The van der Waals surface area contributed by atoms with Crippen molar-refractivity contribution < 1.29 is 9.84 Å². The van der Waals surface area contributed by atoms with Crippen molar-refractivity contribution in [3.8, 4) is 5.75 Å². The molecule has 0 bridgehead atoms. The number of pyridine rings is 2. The van der Waals surface area contributed by atoms with Crippen molar-refractivity contribution in [3.05, 3.63) is 23.0 Å². The van der Waals surface area contributed by atoms with E-state index in [0.29, 0.717) is 35.1 Å². The molecule has 0 aromatic carbocycles. The van der Waals surface area contributed by atoms with Crippen LogP contribution < -0.4 is 4.90 Å². The summed E-state index contributed by atoms with van der Waals surface area (Å²) in [7, 11) is 0. The number of hydrogen-bond acceptors (Lipinski definition) is 5. The summed E-state index contributed by atoms with van der Waals surface area (Å²) in [5.41, 5.74) is 1.40. The van der Waals surface area contributed by atoms with E-state index in [1.807, 2.05) is 6.92 Å². The summed E-state index contributed by atoms with van der Waals surface area (Å²) in [4.78, 5) is 10.8. The van der Waals surface area contributed by atoms with Gasteiger partial charge in [-0.3, -0.25) is 0 Å². The molecule has 20 heavy (non-hydrogen) atoms. The van der Waals surface area contributed by atoms with Gasteiger partial charge in [0, 0.05) is 24.2 Å². The van der Waals surface area contributed by atoms with E-state index in [0.717, 1.165) is 12.1 Å². The maximum absolute atomic E-state index is 10.3. The van der Waals surface area contributed by atoms with E-state index < -0.39 is 0 Å². The molecule has 3 rings (SSSR count). The average Bonchev–Trinajstić information content (AvgIpc) is 2.43. The van der Waals surface area contributed by atoms with Gasteiger partial charge in [-0.2, -0.15) is 0 Å². The average molecular weight is 294 g/mol. The molecule has 2 aromatic heterocycles. The molecule has 0 spiro atoms. The number of aromatic nitrogens is 2. The number of halogens is 1. The minimum atomic E-state index is 0.186. The Morgan fingerprint density at radius 1 is 1.50 bits per heavy atom. The number of aryl methyl sites for hydroxylation is 1. The van der Waals surface area contributed by atoms with Gasteiger partial charge in [-0.15, -0.1) is 0 Å². The van der Waals surface area contributed by atoms with Gasteiger partial charge in [0.2, 0.25) is 0 Å². The van der Waals surface area contributed by atoms with Crippen molar-refractivity contribution in [2.75, 3.05) is 24.7 Å². The molecule has 1 fully saturated rings. The first kappa shape index (κ1) is 13.4. The van der Waals surface area contributed by atoms with Gasteiger partial charge in [0.25, 0.3) is 0 Å². The summed E-state index contributed by atoms with van der Waals surface area (Å²) in [5, 5.41) is 11.3. The van der Waals surface area contributed by atoms with Crippen LogP contribution in [0.5, 0.6) is 5.75 Å². The fourth-order valence-corrected chi connectivity index (χ4v) is 2.74. The van der Waals surface area contributed by atoms with Crippen LogP contribution in [-0.4, -0.2) is 40.9 Å². The fourth-order valence-electron chi connectivity index (χ4n) is 2.55. The Hall–Kier alpha value is -1.59. The molecule has 3 heterocycles. The third-order valence-electron chi connectivity index (χ3n) is 3.61. The summed E-state index contributed by atoms with van der Waals surface area (Å²) in [6.07, 6.45) is 1.64. The van der Waals surface area contributed by atoms with Gasteiger partial charge in [-0.25, -0.2) is 9.97 Å². The Bertz CT molecular complexity index is 662. The number of fused-ring (bicyclic) bond motifs is 1. The van der Waals surface area contributed by atoms with Crippen LogP contribution in [0.15, 0.2) is 12.3 Å². The van der Waals surface area contributed by atoms with Crippen molar-refractivity contribution in [1.29, 1.82) is 0 Å². The zero-order chi connectivity index (χ0) is 14.3. The standard InChI is InChI=1S/C14H16ClN3O2/c1-8-6-16-14(15)13-12(8)10(19)5-11(17-13)18-3-4-20-7-9(18)2/h5-6,9H,3-4,7H2,1-2H3,(H,17,19)/t9-/m1/s1. The Morgan fingerprint density at radius 2 is 2.30 bits per heavy atom. The fraction of sp³-hybridized carbons (Fsp3) is 0.429. The van der Waals surface area contributed by atoms with Crippen LogP contribution in [0.25, 0.3) is 10.9 Å². The highest BCUT2D eigenvalue weighted by molar-refractivity contribution is 6.34. The summed E-state index contributed by atoms with van der Waals surface area (Å²) < 4.78 is 5.42. The van der Waals surface area contributed by atoms with Gasteiger partial charge in [-0.05, 0) is 19.4 Å². The second kappa shape index (κ2) is 5.07. The Labute approximate surface area is 122 Å². The van der Waals surface area contributed by atoms with E-state index in [1.54, 1.807) is 12.3 Å². The lowest BCUT2D eigenvalue weighted by molar-refractivity contribution is 0.0985. The number of hydrogen-bond donors (Lipinski definition) is 1. The smallest absolute Gasteiger partial charge is 0.155 e. The van der Waals surface area contributed by atoms with Gasteiger partial charge in [0.1, 0.15) is 17.1 Å². The number of aromatic hydroxyl groups is 1. The molecular formula is C14H16ClN3O2. The molecule has 1 aliphatic rings. The highest BCUT2D eigenvalue weighted by Gasteiger charge is 2.22. The minimum Gasteiger partial charge on any atom is -0.507 e. The van der Waals surface area contributed by atoms with Crippen LogP contribution in [-0.2, 0) is 4.74 Å². The molecule has 6 heteroatoms. The van der Waals surface area contributed by atoms with Gasteiger partial charge >= 0.3 is 0 Å². The molecule has 0 radical (unpaired) electrons. The van der Waals surface area contributed by atoms with Crippen LogP contribution in [0.3, 0.4) is 0 Å². The van der Waals surface area contributed by atoms with E-state index in [4.69, 9.17) is 16.3 Å². The minimum absolute atomic E-state index is 0.186. The molecule has 0 saturated carbocycles. The molecule has 5 nitrogen and oxygen atoms in total. The molecular weight excluding hydrogens is 278 g/mol. The third kappa shape index (κ3) is 2.17. The van der Waals surface area contributed by atoms with Crippen LogP contribution in [0.1, 0.15) is 12.5 Å². The van der Waals surface area contributed by atoms with Gasteiger partial charge < -0.3 is 14.7 Å². The highest BCUT2D eigenvalue weighted by atomic mass is 35.5. The summed E-state index contributed by atoms with van der Waals surface area (Å²) in [6, 6.07) is 1.90. The topological polar surface area (TPSA) is 58.5 Å². The zero-order valence-corrected chi connectivity index (χ0v) is 12.2. The normalized spacial score (nSPS) is 19.6. The quantitative estimate of drug-likeness (QED) is 0.819. The molecule has 1 aliphatic heterocycles. The lowest BCUT2D eigenvalue weighted by Gasteiger charge is -2.34. The summed E-state index contributed by atoms with van der Waals surface area (Å²) >= 11 is 6.12. The van der Waals surface area contributed by atoms with Crippen LogP contribution in [0.2, 0.25) is 5.15 Å². The molecule has 1 N–H and O–H groups in total. The monoisotopic (exact) mass is 293 g/mol. The van der Waals surface area contributed by atoms with E-state index in [9.17, 15) is 5.11 Å². The first-order valence-electron chi connectivity index (χ1n) is 6.57. The number of rotatable bonds is 1. The van der Waals surface area contributed by atoms with E-state index >= 15 is 0 Å². The Morgan fingerprint density at radius 3 is 3.05 bits per heavy atom. The van der Waals surface area contributed by atoms with E-state index in [1.165, 1.54) is 0 Å². The van der Waals surface area contributed by atoms with Crippen LogP contribution in [0, 0.1) is 6.92 Å². The maximum Gasteiger partial charge on any atom is 0.155 e. The Balaban J connectivity index is 2.16. The number of morpholine rings is 1. The largest absolute Gasteiger partial charge is 0.507 e. The predicted molar refractivity (Wildman–Crippen MR) is 78.6 cm³/mol. The predicted octanol–water partition coefficient (Wildman–Crippen LogP) is 2.52. The second-order valence-corrected chi connectivity index (χ2v) is 5.43. The van der Waals surface area contributed by atoms with Crippen molar-refractivity contribution in [3.63, 3.8) is 0 Å². The lowest BCUT2D eigenvalue weighted by atomic mass is 10.1. The first-order valence-corrected chi connectivity index (χ1v) is 6.95. The number of anilines is 1. The molecule has 1 saturated heterocycles. The lowest BCUT2D eigenvalue weighted by Crippen LogP contribution is -2.44. The van der Waals surface area contributed by atoms with Crippen LogP contribution >= 0.6 is 11.6 Å².